The van der Waals surface area contributed by atoms with Gasteiger partial charge in [0.1, 0.15) is 5.75 Å². The van der Waals surface area contributed by atoms with Crippen LogP contribution in [-0.2, 0) is 6.42 Å². The SMILES string of the molecule is COc1ccc(CCNCCCN)cc1C. The molecule has 0 radical (unpaired) electrons. The molecule has 0 fully saturated rings. The average molecular weight is 222 g/mol. The largest absolute Gasteiger partial charge is 0.496 e. The van der Waals surface area contributed by atoms with E-state index in [0.29, 0.717) is 0 Å². The summed E-state index contributed by atoms with van der Waals surface area (Å²) >= 11 is 0. The molecule has 0 saturated heterocycles. The maximum atomic E-state index is 5.42. The van der Waals surface area contributed by atoms with E-state index in [1.54, 1.807) is 7.11 Å². The van der Waals surface area contributed by atoms with Crippen molar-refractivity contribution in [1.29, 1.82) is 0 Å². The Morgan fingerprint density at radius 2 is 2.12 bits per heavy atom. The minimum atomic E-state index is 0.759. The first kappa shape index (κ1) is 13.0. The summed E-state index contributed by atoms with van der Waals surface area (Å²) in [6.07, 6.45) is 2.09. The van der Waals surface area contributed by atoms with Crippen LogP contribution in [0.3, 0.4) is 0 Å². The minimum absolute atomic E-state index is 0.759. The number of benzene rings is 1. The van der Waals surface area contributed by atoms with Crippen molar-refractivity contribution in [2.75, 3.05) is 26.7 Å². The van der Waals surface area contributed by atoms with Crippen LogP contribution in [0.2, 0.25) is 0 Å². The highest BCUT2D eigenvalue weighted by Gasteiger charge is 1.99. The smallest absolute Gasteiger partial charge is 0.121 e. The molecule has 0 aliphatic carbocycles. The van der Waals surface area contributed by atoms with Crippen molar-refractivity contribution in [1.82, 2.24) is 5.32 Å². The molecule has 1 aromatic carbocycles. The second-order valence-corrected chi connectivity index (χ2v) is 3.95. The second kappa shape index (κ2) is 7.25. The van der Waals surface area contributed by atoms with Gasteiger partial charge in [-0.3, -0.25) is 0 Å². The molecule has 0 aromatic heterocycles. The molecule has 1 rings (SSSR count). The van der Waals surface area contributed by atoms with Crippen LogP contribution in [-0.4, -0.2) is 26.7 Å². The summed E-state index contributed by atoms with van der Waals surface area (Å²) in [5.74, 6) is 0.958. The highest BCUT2D eigenvalue weighted by Crippen LogP contribution is 2.18. The second-order valence-electron chi connectivity index (χ2n) is 3.95. The molecule has 0 bridgehead atoms. The summed E-state index contributed by atoms with van der Waals surface area (Å²) < 4.78 is 5.23. The minimum Gasteiger partial charge on any atom is -0.496 e. The number of aryl methyl sites for hydroxylation is 1. The zero-order valence-corrected chi connectivity index (χ0v) is 10.3. The van der Waals surface area contributed by atoms with Gasteiger partial charge in [-0.15, -0.1) is 0 Å². The molecule has 0 unspecified atom stereocenters. The average Bonchev–Trinajstić information content (AvgIpc) is 2.29. The van der Waals surface area contributed by atoms with Crippen LogP contribution >= 0.6 is 0 Å². The Balaban J connectivity index is 2.34. The van der Waals surface area contributed by atoms with Gasteiger partial charge in [-0.05, 0) is 56.6 Å². The van der Waals surface area contributed by atoms with Crippen molar-refractivity contribution in [3.8, 4) is 5.75 Å². The predicted molar refractivity (Wildman–Crippen MR) is 68.0 cm³/mol. The lowest BCUT2D eigenvalue weighted by atomic mass is 10.1. The maximum Gasteiger partial charge on any atom is 0.121 e. The highest BCUT2D eigenvalue weighted by atomic mass is 16.5. The number of rotatable bonds is 7. The molecule has 0 spiro atoms. The van der Waals surface area contributed by atoms with E-state index in [4.69, 9.17) is 10.5 Å². The van der Waals surface area contributed by atoms with Gasteiger partial charge in [0.2, 0.25) is 0 Å². The monoisotopic (exact) mass is 222 g/mol. The van der Waals surface area contributed by atoms with Crippen LogP contribution in [0.5, 0.6) is 5.75 Å². The molecule has 3 N–H and O–H groups in total. The van der Waals surface area contributed by atoms with Gasteiger partial charge in [0.25, 0.3) is 0 Å². The predicted octanol–water partition coefficient (Wildman–Crippen LogP) is 1.48. The summed E-state index contributed by atoms with van der Waals surface area (Å²) in [7, 11) is 1.70. The molecule has 16 heavy (non-hydrogen) atoms. The number of ether oxygens (including phenoxy) is 1. The van der Waals surface area contributed by atoms with E-state index in [9.17, 15) is 0 Å². The van der Waals surface area contributed by atoms with Gasteiger partial charge in [0.15, 0.2) is 0 Å². The third-order valence-corrected chi connectivity index (χ3v) is 2.61. The Kier molecular flexibility index (Phi) is 5.90. The van der Waals surface area contributed by atoms with Crippen LogP contribution in [0.15, 0.2) is 18.2 Å². The third kappa shape index (κ3) is 4.21. The molecular formula is C13H22N2O. The van der Waals surface area contributed by atoms with Crippen molar-refractivity contribution in [3.05, 3.63) is 29.3 Å². The molecule has 1 aromatic rings. The van der Waals surface area contributed by atoms with Gasteiger partial charge in [0, 0.05) is 0 Å². The van der Waals surface area contributed by atoms with Crippen molar-refractivity contribution in [2.45, 2.75) is 19.8 Å². The molecular weight excluding hydrogens is 200 g/mol. The zero-order valence-electron chi connectivity index (χ0n) is 10.3. The highest BCUT2D eigenvalue weighted by molar-refractivity contribution is 5.36. The maximum absolute atomic E-state index is 5.42. The van der Waals surface area contributed by atoms with Crippen molar-refractivity contribution >= 4 is 0 Å². The summed E-state index contributed by atoms with van der Waals surface area (Å²) in [5.41, 5.74) is 7.96. The Bertz CT molecular complexity index is 313. The third-order valence-electron chi connectivity index (χ3n) is 2.61. The zero-order chi connectivity index (χ0) is 11.8. The summed E-state index contributed by atoms with van der Waals surface area (Å²) in [4.78, 5) is 0. The summed E-state index contributed by atoms with van der Waals surface area (Å²) in [6.45, 7) is 4.84. The first-order valence-electron chi connectivity index (χ1n) is 5.82. The quantitative estimate of drug-likeness (QED) is 0.687. The molecule has 0 atom stereocenters. The molecule has 3 nitrogen and oxygen atoms in total. The van der Waals surface area contributed by atoms with E-state index in [1.807, 2.05) is 6.07 Å². The van der Waals surface area contributed by atoms with Crippen molar-refractivity contribution in [3.63, 3.8) is 0 Å². The standard InChI is InChI=1S/C13H22N2O/c1-11-10-12(4-5-13(11)16-2)6-9-15-8-3-7-14/h4-5,10,15H,3,6-9,14H2,1-2H3. The fourth-order valence-electron chi connectivity index (χ4n) is 1.68. The molecule has 90 valence electrons. The Hall–Kier alpha value is -1.06. The van der Waals surface area contributed by atoms with Gasteiger partial charge < -0.3 is 15.8 Å². The lowest BCUT2D eigenvalue weighted by molar-refractivity contribution is 0.411. The van der Waals surface area contributed by atoms with Gasteiger partial charge in [-0.1, -0.05) is 12.1 Å². The molecule has 0 saturated carbocycles. The lowest BCUT2D eigenvalue weighted by Crippen LogP contribution is -2.20. The Labute approximate surface area is 98.0 Å². The van der Waals surface area contributed by atoms with Gasteiger partial charge in [0.05, 0.1) is 7.11 Å². The number of hydrogen-bond donors (Lipinski definition) is 2. The molecule has 0 heterocycles. The first-order chi connectivity index (χ1) is 7.77. The molecule has 0 aliphatic rings. The van der Waals surface area contributed by atoms with E-state index >= 15 is 0 Å². The Morgan fingerprint density at radius 1 is 1.31 bits per heavy atom. The number of hydrogen-bond acceptors (Lipinski definition) is 3. The van der Waals surface area contributed by atoms with E-state index in [0.717, 1.165) is 38.2 Å². The fraction of sp³-hybridized carbons (Fsp3) is 0.538. The number of nitrogens with one attached hydrogen (secondary N) is 1. The summed E-state index contributed by atoms with van der Waals surface area (Å²) in [6, 6.07) is 6.34. The van der Waals surface area contributed by atoms with E-state index in [-0.39, 0.29) is 0 Å². The van der Waals surface area contributed by atoms with Crippen LogP contribution in [0.1, 0.15) is 17.5 Å². The topological polar surface area (TPSA) is 47.3 Å². The van der Waals surface area contributed by atoms with E-state index < -0.39 is 0 Å². The Morgan fingerprint density at radius 3 is 2.75 bits per heavy atom. The number of methoxy groups -OCH3 is 1. The normalized spacial score (nSPS) is 10.4. The molecule has 3 heteroatoms. The van der Waals surface area contributed by atoms with Crippen LogP contribution < -0.4 is 15.8 Å². The van der Waals surface area contributed by atoms with E-state index in [1.165, 1.54) is 11.1 Å². The van der Waals surface area contributed by atoms with E-state index in [2.05, 4.69) is 24.4 Å². The van der Waals surface area contributed by atoms with Gasteiger partial charge in [-0.25, -0.2) is 0 Å². The van der Waals surface area contributed by atoms with Gasteiger partial charge in [-0.2, -0.15) is 0 Å². The van der Waals surface area contributed by atoms with Crippen molar-refractivity contribution in [2.24, 2.45) is 5.73 Å². The van der Waals surface area contributed by atoms with Gasteiger partial charge >= 0.3 is 0 Å². The lowest BCUT2D eigenvalue weighted by Gasteiger charge is -2.08. The first-order valence-corrected chi connectivity index (χ1v) is 5.82. The summed E-state index contributed by atoms with van der Waals surface area (Å²) in [5, 5.41) is 3.37. The molecule has 0 aliphatic heterocycles. The van der Waals surface area contributed by atoms with Crippen molar-refractivity contribution < 1.29 is 4.74 Å². The number of nitrogens with two attached hydrogens (primary N) is 1. The fourth-order valence-corrected chi connectivity index (χ4v) is 1.68. The van der Waals surface area contributed by atoms with Crippen LogP contribution in [0, 0.1) is 6.92 Å². The van der Waals surface area contributed by atoms with Crippen LogP contribution in [0.25, 0.3) is 0 Å². The van der Waals surface area contributed by atoms with Crippen LogP contribution in [0.4, 0.5) is 0 Å². The molecule has 0 amide bonds.